The molecule has 0 fully saturated rings. The SMILES string of the molecule is C[n+]1c(C=Cc2ccc(-c3ccc(Cl)cc3)o2)sc2ccccc21. The number of aromatic nitrogens is 1. The van der Waals surface area contributed by atoms with Crippen molar-refractivity contribution in [2.75, 3.05) is 0 Å². The lowest BCUT2D eigenvalue weighted by molar-refractivity contribution is -0.642. The summed E-state index contributed by atoms with van der Waals surface area (Å²) in [6.45, 7) is 0. The van der Waals surface area contributed by atoms with Gasteiger partial charge in [0.2, 0.25) is 5.52 Å². The van der Waals surface area contributed by atoms with Crippen molar-refractivity contribution in [3.63, 3.8) is 0 Å². The molecule has 0 aliphatic rings. The molecule has 0 saturated carbocycles. The predicted molar refractivity (Wildman–Crippen MR) is 101 cm³/mol. The summed E-state index contributed by atoms with van der Waals surface area (Å²) in [5.41, 5.74) is 2.26. The Morgan fingerprint density at radius 1 is 0.958 bits per heavy atom. The zero-order valence-corrected chi connectivity index (χ0v) is 14.6. The molecule has 2 aromatic heterocycles. The Hall–Kier alpha value is -2.36. The van der Waals surface area contributed by atoms with Crippen LogP contribution in [0.3, 0.4) is 0 Å². The summed E-state index contributed by atoms with van der Waals surface area (Å²) in [6.07, 6.45) is 4.10. The van der Waals surface area contributed by atoms with Crippen LogP contribution < -0.4 is 4.57 Å². The van der Waals surface area contributed by atoms with Crippen LogP contribution in [0.25, 0.3) is 33.7 Å². The van der Waals surface area contributed by atoms with Gasteiger partial charge in [-0.2, -0.15) is 4.57 Å². The van der Waals surface area contributed by atoms with Crippen molar-refractivity contribution in [3.05, 3.63) is 76.5 Å². The lowest BCUT2D eigenvalue weighted by atomic mass is 10.2. The molecule has 0 N–H and O–H groups in total. The first kappa shape index (κ1) is 15.2. The van der Waals surface area contributed by atoms with Gasteiger partial charge in [-0.1, -0.05) is 35.1 Å². The number of rotatable bonds is 3. The minimum atomic E-state index is 0.725. The first-order valence-electron chi connectivity index (χ1n) is 7.62. The summed E-state index contributed by atoms with van der Waals surface area (Å²) in [5.74, 6) is 1.67. The van der Waals surface area contributed by atoms with Gasteiger partial charge in [0, 0.05) is 22.7 Å². The molecule has 0 atom stereocenters. The number of benzene rings is 2. The van der Waals surface area contributed by atoms with E-state index in [-0.39, 0.29) is 0 Å². The molecule has 0 radical (unpaired) electrons. The maximum absolute atomic E-state index is 5.93. The molecule has 0 aliphatic heterocycles. The summed E-state index contributed by atoms with van der Waals surface area (Å²) in [4.78, 5) is 0. The average Bonchev–Trinajstić information content (AvgIpc) is 3.19. The number of hydrogen-bond acceptors (Lipinski definition) is 2. The number of nitrogens with zero attached hydrogens (tertiary/aromatic N) is 1. The molecule has 2 aromatic carbocycles. The highest BCUT2D eigenvalue weighted by Crippen LogP contribution is 2.25. The normalized spacial score (nSPS) is 11.6. The second-order valence-corrected chi connectivity index (χ2v) is 7.01. The third kappa shape index (κ3) is 2.88. The molecular weight excluding hydrogens is 338 g/mol. The second-order valence-electron chi connectivity index (χ2n) is 5.51. The van der Waals surface area contributed by atoms with E-state index in [1.54, 1.807) is 11.3 Å². The van der Waals surface area contributed by atoms with Crippen molar-refractivity contribution in [1.82, 2.24) is 0 Å². The molecule has 24 heavy (non-hydrogen) atoms. The van der Waals surface area contributed by atoms with E-state index < -0.39 is 0 Å². The van der Waals surface area contributed by atoms with Crippen LogP contribution in [0, 0.1) is 0 Å². The summed E-state index contributed by atoms with van der Waals surface area (Å²) in [7, 11) is 2.08. The average molecular weight is 353 g/mol. The van der Waals surface area contributed by atoms with Gasteiger partial charge in [0.25, 0.3) is 5.01 Å². The molecule has 2 heterocycles. The Labute approximate surface area is 149 Å². The maximum atomic E-state index is 5.93. The van der Waals surface area contributed by atoms with Gasteiger partial charge < -0.3 is 4.42 Å². The number of para-hydroxylation sites is 1. The molecule has 0 spiro atoms. The molecule has 0 amide bonds. The van der Waals surface area contributed by atoms with E-state index >= 15 is 0 Å². The van der Waals surface area contributed by atoms with Crippen LogP contribution in [0.1, 0.15) is 10.8 Å². The largest absolute Gasteiger partial charge is 0.457 e. The van der Waals surface area contributed by atoms with E-state index in [1.165, 1.54) is 15.2 Å². The van der Waals surface area contributed by atoms with Crippen molar-refractivity contribution >= 4 is 45.3 Å². The Morgan fingerprint density at radius 2 is 1.75 bits per heavy atom. The van der Waals surface area contributed by atoms with Gasteiger partial charge in [-0.3, -0.25) is 0 Å². The van der Waals surface area contributed by atoms with Crippen molar-refractivity contribution < 1.29 is 8.98 Å². The van der Waals surface area contributed by atoms with Crippen LogP contribution >= 0.6 is 22.9 Å². The number of halogens is 1. The lowest BCUT2D eigenvalue weighted by Crippen LogP contribution is -2.28. The van der Waals surface area contributed by atoms with Crippen molar-refractivity contribution in [2.24, 2.45) is 7.05 Å². The summed E-state index contributed by atoms with van der Waals surface area (Å²) < 4.78 is 9.38. The van der Waals surface area contributed by atoms with Crippen molar-refractivity contribution in [3.8, 4) is 11.3 Å². The highest BCUT2D eigenvalue weighted by atomic mass is 35.5. The van der Waals surface area contributed by atoms with Gasteiger partial charge in [-0.15, -0.1) is 0 Å². The Bertz CT molecular complexity index is 1030. The second kappa shape index (κ2) is 6.27. The molecular formula is C20H15ClNOS+. The van der Waals surface area contributed by atoms with Crippen LogP contribution in [0.4, 0.5) is 0 Å². The number of thiazole rings is 1. The van der Waals surface area contributed by atoms with Crippen LogP contribution in [0.2, 0.25) is 5.02 Å². The predicted octanol–water partition coefficient (Wildman–Crippen LogP) is 5.81. The summed E-state index contributed by atoms with van der Waals surface area (Å²) >= 11 is 7.69. The third-order valence-electron chi connectivity index (χ3n) is 3.92. The zero-order chi connectivity index (χ0) is 16.5. The van der Waals surface area contributed by atoms with Gasteiger partial charge in [0.05, 0.1) is 0 Å². The maximum Gasteiger partial charge on any atom is 0.262 e. The third-order valence-corrected chi connectivity index (χ3v) is 5.35. The molecule has 0 bridgehead atoms. The number of hydrogen-bond donors (Lipinski definition) is 0. The van der Waals surface area contributed by atoms with E-state index in [9.17, 15) is 0 Å². The zero-order valence-electron chi connectivity index (χ0n) is 13.1. The lowest BCUT2D eigenvalue weighted by Gasteiger charge is -1.96. The first-order valence-corrected chi connectivity index (χ1v) is 8.81. The van der Waals surface area contributed by atoms with E-state index in [2.05, 4.69) is 42.0 Å². The van der Waals surface area contributed by atoms with E-state index in [4.69, 9.17) is 16.0 Å². The van der Waals surface area contributed by atoms with Gasteiger partial charge in [0.1, 0.15) is 23.3 Å². The highest BCUT2D eigenvalue weighted by Gasteiger charge is 2.13. The fourth-order valence-electron chi connectivity index (χ4n) is 2.63. The first-order chi connectivity index (χ1) is 11.7. The molecule has 2 nitrogen and oxygen atoms in total. The summed E-state index contributed by atoms with van der Waals surface area (Å²) in [6, 6.07) is 20.0. The molecule has 0 aliphatic carbocycles. The molecule has 0 unspecified atom stereocenters. The standard InChI is InChI=1S/C20H15ClNOS/c1-22-17-4-2-3-5-19(17)24-20(22)13-11-16-10-12-18(23-16)14-6-8-15(21)9-7-14/h2-13H,1H3/q+1. The molecule has 4 aromatic rings. The van der Waals surface area contributed by atoms with E-state index in [0.717, 1.165) is 22.1 Å². The number of furan rings is 1. The fourth-order valence-corrected chi connectivity index (χ4v) is 3.81. The van der Waals surface area contributed by atoms with E-state index in [0.29, 0.717) is 0 Å². The van der Waals surface area contributed by atoms with Crippen molar-refractivity contribution in [1.29, 1.82) is 0 Å². The Balaban J connectivity index is 1.62. The van der Waals surface area contributed by atoms with E-state index in [1.807, 2.05) is 42.5 Å². The van der Waals surface area contributed by atoms with Gasteiger partial charge in [-0.25, -0.2) is 0 Å². The van der Waals surface area contributed by atoms with Gasteiger partial charge in [-0.05, 0) is 48.5 Å². The molecule has 0 saturated heterocycles. The smallest absolute Gasteiger partial charge is 0.262 e. The molecule has 4 rings (SSSR count). The van der Waals surface area contributed by atoms with Gasteiger partial charge in [0.15, 0.2) is 0 Å². The van der Waals surface area contributed by atoms with Crippen LogP contribution in [0.15, 0.2) is 65.1 Å². The van der Waals surface area contributed by atoms with Crippen LogP contribution in [-0.4, -0.2) is 0 Å². The van der Waals surface area contributed by atoms with Crippen LogP contribution in [-0.2, 0) is 7.05 Å². The molecule has 4 heteroatoms. The van der Waals surface area contributed by atoms with Gasteiger partial charge >= 0.3 is 0 Å². The number of fused-ring (bicyclic) bond motifs is 1. The monoisotopic (exact) mass is 352 g/mol. The van der Waals surface area contributed by atoms with Crippen LogP contribution in [0.5, 0.6) is 0 Å². The highest BCUT2D eigenvalue weighted by molar-refractivity contribution is 7.18. The Morgan fingerprint density at radius 3 is 2.54 bits per heavy atom. The topological polar surface area (TPSA) is 17.0 Å². The summed E-state index contributed by atoms with van der Waals surface area (Å²) in [5, 5.41) is 1.91. The molecule has 118 valence electrons. The van der Waals surface area contributed by atoms with Crippen molar-refractivity contribution in [2.45, 2.75) is 0 Å². The number of aryl methyl sites for hydroxylation is 1. The Kier molecular flexibility index (Phi) is 3.97. The quantitative estimate of drug-likeness (QED) is 0.425. The minimum absolute atomic E-state index is 0.725. The minimum Gasteiger partial charge on any atom is -0.457 e. The fraction of sp³-hybridized carbons (Fsp3) is 0.0500.